The van der Waals surface area contributed by atoms with Crippen LogP contribution < -0.4 is 10.1 Å². The van der Waals surface area contributed by atoms with Crippen molar-refractivity contribution in [3.05, 3.63) is 77.4 Å². The Labute approximate surface area is 212 Å². The second-order valence-corrected chi connectivity index (χ2v) is 9.52. The van der Waals surface area contributed by atoms with Gasteiger partial charge >= 0.3 is 0 Å². The van der Waals surface area contributed by atoms with Crippen LogP contribution in [0.2, 0.25) is 0 Å². The van der Waals surface area contributed by atoms with Crippen molar-refractivity contribution < 1.29 is 9.47 Å². The average Bonchev–Trinajstić information content (AvgIpc) is 3.38. The average molecular weight is 492 g/mol. The van der Waals surface area contributed by atoms with Gasteiger partial charge in [0.1, 0.15) is 5.75 Å². The van der Waals surface area contributed by atoms with Gasteiger partial charge in [0, 0.05) is 49.5 Å². The molecule has 2 fully saturated rings. The molecule has 8 heteroatoms. The molecular weight excluding hydrogens is 458 g/mol. The molecule has 184 valence electrons. The number of thiocarbonyl (C=S) groups is 1. The zero-order valence-electron chi connectivity index (χ0n) is 20.6. The highest BCUT2D eigenvalue weighted by atomic mass is 32.1. The molecule has 0 saturated carbocycles. The Kier molecular flexibility index (Phi) is 7.04. The molecule has 2 atom stereocenters. The van der Waals surface area contributed by atoms with Gasteiger partial charge in [-0.2, -0.15) is 0 Å². The summed E-state index contributed by atoms with van der Waals surface area (Å²) in [6.07, 6.45) is 1.86. The van der Waals surface area contributed by atoms with Crippen LogP contribution in [0.25, 0.3) is 5.69 Å². The molecule has 0 aliphatic carbocycles. The van der Waals surface area contributed by atoms with Crippen molar-refractivity contribution in [2.45, 2.75) is 25.9 Å². The van der Waals surface area contributed by atoms with Crippen LogP contribution in [-0.4, -0.2) is 71.0 Å². The molecule has 1 aromatic carbocycles. The fraction of sp³-hybridized carbons (Fsp3) is 0.407. The number of methoxy groups -OCH3 is 1. The highest BCUT2D eigenvalue weighted by Gasteiger charge is 2.41. The molecule has 0 amide bonds. The number of aromatic nitrogens is 2. The molecule has 7 nitrogen and oxygen atoms in total. The Morgan fingerprint density at radius 3 is 2.54 bits per heavy atom. The lowest BCUT2D eigenvalue weighted by atomic mass is 9.96. The minimum atomic E-state index is -0.0155. The Morgan fingerprint density at radius 1 is 1.09 bits per heavy atom. The monoisotopic (exact) mass is 491 g/mol. The molecular formula is C27H33N5O2S. The maximum atomic E-state index is 5.89. The Balaban J connectivity index is 1.51. The first-order valence-electron chi connectivity index (χ1n) is 12.2. The minimum absolute atomic E-state index is 0.0155. The van der Waals surface area contributed by atoms with Crippen LogP contribution in [0.3, 0.4) is 0 Å². The molecule has 2 aromatic heterocycles. The predicted molar refractivity (Wildman–Crippen MR) is 141 cm³/mol. The number of ether oxygens (including phenoxy) is 2. The van der Waals surface area contributed by atoms with E-state index >= 15 is 0 Å². The molecule has 0 radical (unpaired) electrons. The summed E-state index contributed by atoms with van der Waals surface area (Å²) in [5.41, 5.74) is 5.79. The van der Waals surface area contributed by atoms with Gasteiger partial charge in [-0.05, 0) is 74.1 Å². The van der Waals surface area contributed by atoms with Crippen molar-refractivity contribution in [3.8, 4) is 11.4 Å². The van der Waals surface area contributed by atoms with Crippen molar-refractivity contribution in [1.82, 2.24) is 24.7 Å². The van der Waals surface area contributed by atoms with Crippen molar-refractivity contribution in [2.75, 3.05) is 46.5 Å². The molecule has 5 rings (SSSR count). The van der Waals surface area contributed by atoms with Gasteiger partial charge in [0.15, 0.2) is 5.11 Å². The van der Waals surface area contributed by atoms with Crippen LogP contribution >= 0.6 is 12.2 Å². The molecule has 35 heavy (non-hydrogen) atoms. The van der Waals surface area contributed by atoms with E-state index in [0.29, 0.717) is 0 Å². The Bertz CT molecular complexity index is 1160. The SMILES string of the molecule is COc1ccc(-n2c(C)cc([C@@H]3[C@@H](c4ccccn4)NC(=S)N3CCN3CCOCC3)c2C)cc1. The van der Waals surface area contributed by atoms with Crippen molar-refractivity contribution >= 4 is 17.3 Å². The summed E-state index contributed by atoms with van der Waals surface area (Å²) in [6.45, 7) is 9.69. The highest BCUT2D eigenvalue weighted by molar-refractivity contribution is 7.80. The second-order valence-electron chi connectivity index (χ2n) is 9.13. The molecule has 0 bridgehead atoms. The van der Waals surface area contributed by atoms with Crippen LogP contribution in [0.5, 0.6) is 5.75 Å². The molecule has 2 saturated heterocycles. The summed E-state index contributed by atoms with van der Waals surface area (Å²) in [6, 6.07) is 16.6. The summed E-state index contributed by atoms with van der Waals surface area (Å²) in [4.78, 5) is 9.50. The maximum Gasteiger partial charge on any atom is 0.170 e. The minimum Gasteiger partial charge on any atom is -0.497 e. The number of morpholine rings is 1. The lowest BCUT2D eigenvalue weighted by Gasteiger charge is -2.32. The zero-order valence-corrected chi connectivity index (χ0v) is 21.4. The first kappa shape index (κ1) is 23.8. The largest absolute Gasteiger partial charge is 0.497 e. The van der Waals surface area contributed by atoms with Crippen LogP contribution in [0.4, 0.5) is 0 Å². The topological polar surface area (TPSA) is 54.8 Å². The fourth-order valence-corrected chi connectivity index (χ4v) is 5.61. The van der Waals surface area contributed by atoms with Gasteiger partial charge in [-0.25, -0.2) is 0 Å². The Morgan fingerprint density at radius 2 is 1.86 bits per heavy atom. The maximum absolute atomic E-state index is 5.89. The molecule has 3 aromatic rings. The smallest absolute Gasteiger partial charge is 0.170 e. The van der Waals surface area contributed by atoms with Crippen molar-refractivity contribution in [1.29, 1.82) is 0 Å². The Hall–Kier alpha value is -2.94. The number of benzene rings is 1. The van der Waals surface area contributed by atoms with Crippen LogP contribution in [-0.2, 0) is 4.74 Å². The van der Waals surface area contributed by atoms with Crippen LogP contribution in [0, 0.1) is 13.8 Å². The number of rotatable bonds is 7. The molecule has 0 unspecified atom stereocenters. The van der Waals surface area contributed by atoms with E-state index in [-0.39, 0.29) is 12.1 Å². The van der Waals surface area contributed by atoms with E-state index in [1.165, 1.54) is 17.0 Å². The molecule has 4 heterocycles. The van der Waals surface area contributed by atoms with Crippen molar-refractivity contribution in [3.63, 3.8) is 0 Å². The molecule has 2 aliphatic heterocycles. The summed E-state index contributed by atoms with van der Waals surface area (Å²) in [5.74, 6) is 0.853. The van der Waals surface area contributed by atoms with Gasteiger partial charge in [-0.15, -0.1) is 0 Å². The van der Waals surface area contributed by atoms with E-state index < -0.39 is 0 Å². The second kappa shape index (κ2) is 10.4. The van der Waals surface area contributed by atoms with Crippen LogP contribution in [0.15, 0.2) is 54.7 Å². The first-order chi connectivity index (χ1) is 17.1. The van der Waals surface area contributed by atoms with Crippen molar-refractivity contribution in [2.24, 2.45) is 0 Å². The predicted octanol–water partition coefficient (Wildman–Crippen LogP) is 3.80. The van der Waals surface area contributed by atoms with E-state index in [1.807, 2.05) is 30.5 Å². The summed E-state index contributed by atoms with van der Waals surface area (Å²) < 4.78 is 13.2. The number of nitrogens with one attached hydrogen (secondary N) is 1. The van der Waals surface area contributed by atoms with E-state index in [4.69, 9.17) is 26.7 Å². The first-order valence-corrected chi connectivity index (χ1v) is 12.6. The highest BCUT2D eigenvalue weighted by Crippen LogP contribution is 2.41. The number of nitrogens with zero attached hydrogens (tertiary/aromatic N) is 4. The lowest BCUT2D eigenvalue weighted by molar-refractivity contribution is 0.0350. The van der Waals surface area contributed by atoms with Gasteiger partial charge in [-0.3, -0.25) is 9.88 Å². The number of hydrogen-bond acceptors (Lipinski definition) is 5. The zero-order chi connectivity index (χ0) is 24.4. The van der Waals surface area contributed by atoms with Gasteiger partial charge in [-0.1, -0.05) is 6.07 Å². The van der Waals surface area contributed by atoms with E-state index in [2.05, 4.69) is 57.8 Å². The third-order valence-electron chi connectivity index (χ3n) is 7.08. The standard InChI is InChI=1S/C27H33N5O2S/c1-19-18-23(20(2)32(19)21-7-9-22(33-3)10-8-21)26-25(24-6-4-5-11-28-24)29-27(35)31(26)13-12-30-14-16-34-17-15-30/h4-11,18,25-26H,12-17H2,1-3H3,(H,29,35)/t25-,26-/m1/s1. The van der Waals surface area contributed by atoms with Gasteiger partial charge < -0.3 is 24.3 Å². The van der Waals surface area contributed by atoms with E-state index in [0.717, 1.165) is 61.6 Å². The number of pyridine rings is 1. The third-order valence-corrected chi connectivity index (χ3v) is 7.43. The fourth-order valence-electron chi connectivity index (χ4n) is 5.27. The number of aryl methyl sites for hydroxylation is 1. The molecule has 1 N–H and O–H groups in total. The van der Waals surface area contributed by atoms with Crippen LogP contribution in [0.1, 0.15) is 34.7 Å². The van der Waals surface area contributed by atoms with Gasteiger partial charge in [0.2, 0.25) is 0 Å². The van der Waals surface area contributed by atoms with Gasteiger partial charge in [0.05, 0.1) is 38.1 Å². The third kappa shape index (κ3) is 4.78. The summed E-state index contributed by atoms with van der Waals surface area (Å²) in [5, 5.41) is 4.38. The molecule has 0 spiro atoms. The van der Waals surface area contributed by atoms with E-state index in [9.17, 15) is 0 Å². The molecule has 2 aliphatic rings. The number of hydrogen-bond donors (Lipinski definition) is 1. The summed E-state index contributed by atoms with van der Waals surface area (Å²) >= 11 is 5.89. The van der Waals surface area contributed by atoms with E-state index in [1.54, 1.807) is 7.11 Å². The quantitative estimate of drug-likeness (QED) is 0.505. The lowest BCUT2D eigenvalue weighted by Crippen LogP contribution is -2.42. The van der Waals surface area contributed by atoms with Gasteiger partial charge in [0.25, 0.3) is 0 Å². The normalized spacial score (nSPS) is 20.8. The summed E-state index contributed by atoms with van der Waals surface area (Å²) in [7, 11) is 1.69.